The van der Waals surface area contributed by atoms with E-state index in [9.17, 15) is 14.0 Å². The van der Waals surface area contributed by atoms with Gasteiger partial charge in [0.1, 0.15) is 17.3 Å². The Morgan fingerprint density at radius 2 is 2.00 bits per heavy atom. The van der Waals surface area contributed by atoms with Crippen LogP contribution in [0.15, 0.2) is 63.9 Å². The number of nitrogens with zero attached hydrogens (tertiary/aromatic N) is 1. The van der Waals surface area contributed by atoms with Gasteiger partial charge in [-0.05, 0) is 48.5 Å². The molecule has 2 aromatic carbocycles. The molecular formula is C21H11ClFNO4S2. The third-order valence-electron chi connectivity index (χ3n) is 4.24. The van der Waals surface area contributed by atoms with Gasteiger partial charge in [-0.2, -0.15) is 0 Å². The topological polar surface area (TPSA) is 70.8 Å². The normalized spacial score (nSPS) is 15.3. The fraction of sp³-hybridized carbons (Fsp3) is 0. The van der Waals surface area contributed by atoms with Crippen molar-refractivity contribution in [2.75, 3.05) is 4.90 Å². The van der Waals surface area contributed by atoms with Gasteiger partial charge in [-0.25, -0.2) is 9.18 Å². The molecule has 0 bridgehead atoms. The number of thioether (sulfide) groups is 1. The molecule has 1 aromatic heterocycles. The second-order valence-corrected chi connectivity index (χ2v) is 8.28. The Morgan fingerprint density at radius 3 is 2.73 bits per heavy atom. The molecule has 1 fully saturated rings. The minimum absolute atomic E-state index is 0.0725. The minimum Gasteiger partial charge on any atom is -0.478 e. The number of carbonyl (C=O) groups excluding carboxylic acids is 1. The molecule has 5 nitrogen and oxygen atoms in total. The largest absolute Gasteiger partial charge is 0.478 e. The summed E-state index contributed by atoms with van der Waals surface area (Å²) in [6.07, 6.45) is 1.52. The Labute approximate surface area is 184 Å². The van der Waals surface area contributed by atoms with Gasteiger partial charge in [-0.15, -0.1) is 0 Å². The average Bonchev–Trinajstić information content (AvgIpc) is 3.26. The second kappa shape index (κ2) is 8.06. The lowest BCUT2D eigenvalue weighted by molar-refractivity contribution is -0.113. The van der Waals surface area contributed by atoms with Crippen molar-refractivity contribution < 1.29 is 23.5 Å². The van der Waals surface area contributed by atoms with Crippen molar-refractivity contribution in [3.63, 3.8) is 0 Å². The smallest absolute Gasteiger partial charge is 0.335 e. The third kappa shape index (κ3) is 3.89. The summed E-state index contributed by atoms with van der Waals surface area (Å²) < 4.78 is 19.6. The lowest BCUT2D eigenvalue weighted by Gasteiger charge is -2.14. The lowest BCUT2D eigenvalue weighted by atomic mass is 10.1. The molecule has 3 aromatic rings. The number of hydrogen-bond donors (Lipinski definition) is 1. The number of carboxylic acids is 1. The van der Waals surface area contributed by atoms with Gasteiger partial charge in [0, 0.05) is 11.6 Å². The zero-order chi connectivity index (χ0) is 21.4. The monoisotopic (exact) mass is 459 g/mol. The van der Waals surface area contributed by atoms with Crippen molar-refractivity contribution in [3.8, 4) is 11.3 Å². The molecule has 0 atom stereocenters. The van der Waals surface area contributed by atoms with Gasteiger partial charge in [-0.3, -0.25) is 9.69 Å². The predicted molar refractivity (Wildman–Crippen MR) is 118 cm³/mol. The maximum absolute atomic E-state index is 13.5. The molecule has 4 rings (SSSR count). The van der Waals surface area contributed by atoms with Crippen LogP contribution in [0.1, 0.15) is 16.1 Å². The van der Waals surface area contributed by atoms with Gasteiger partial charge in [-0.1, -0.05) is 41.6 Å². The molecular weight excluding hydrogens is 449 g/mol. The predicted octanol–water partition coefficient (Wildman–Crippen LogP) is 5.84. The Kier molecular flexibility index (Phi) is 5.46. The number of thiocarbonyl (C=S) groups is 1. The highest BCUT2D eigenvalue weighted by molar-refractivity contribution is 8.27. The van der Waals surface area contributed by atoms with E-state index in [-0.39, 0.29) is 15.8 Å². The van der Waals surface area contributed by atoms with Crippen LogP contribution in [0.5, 0.6) is 0 Å². The molecule has 150 valence electrons. The quantitative estimate of drug-likeness (QED) is 0.390. The summed E-state index contributed by atoms with van der Waals surface area (Å²) in [5.74, 6) is -1.22. The maximum Gasteiger partial charge on any atom is 0.335 e. The van der Waals surface area contributed by atoms with Crippen LogP contribution in [0.2, 0.25) is 5.02 Å². The highest BCUT2D eigenvalue weighted by atomic mass is 35.5. The summed E-state index contributed by atoms with van der Waals surface area (Å²) in [6.45, 7) is 0. The Balaban J connectivity index is 1.64. The number of furan rings is 1. The lowest BCUT2D eigenvalue weighted by Crippen LogP contribution is -2.27. The first kappa shape index (κ1) is 20.3. The molecule has 2 heterocycles. The van der Waals surface area contributed by atoms with Crippen molar-refractivity contribution in [1.29, 1.82) is 0 Å². The summed E-state index contributed by atoms with van der Waals surface area (Å²) >= 11 is 12.5. The summed E-state index contributed by atoms with van der Waals surface area (Å²) in [7, 11) is 0. The highest BCUT2D eigenvalue weighted by Gasteiger charge is 2.33. The molecule has 0 aliphatic carbocycles. The number of aromatic carboxylic acids is 1. The number of carbonyl (C=O) groups is 2. The molecule has 1 aliphatic heterocycles. The number of carboxylic acid groups (broad SMARTS) is 1. The van der Waals surface area contributed by atoms with Gasteiger partial charge in [0.25, 0.3) is 5.91 Å². The first-order valence-electron chi connectivity index (χ1n) is 8.50. The molecule has 0 saturated carbocycles. The highest BCUT2D eigenvalue weighted by Crippen LogP contribution is 2.37. The van der Waals surface area contributed by atoms with Crippen LogP contribution < -0.4 is 4.90 Å². The summed E-state index contributed by atoms with van der Waals surface area (Å²) in [5, 5.41) is 9.50. The van der Waals surface area contributed by atoms with E-state index in [2.05, 4.69) is 0 Å². The number of rotatable bonds is 4. The minimum atomic E-state index is -1.08. The average molecular weight is 460 g/mol. The van der Waals surface area contributed by atoms with Gasteiger partial charge in [0.2, 0.25) is 0 Å². The fourth-order valence-electron chi connectivity index (χ4n) is 2.86. The Hall–Kier alpha value is -2.94. The van der Waals surface area contributed by atoms with Crippen LogP contribution in [0, 0.1) is 5.82 Å². The van der Waals surface area contributed by atoms with Crippen LogP contribution in [0.3, 0.4) is 0 Å². The third-order valence-corrected chi connectivity index (χ3v) is 5.87. The van der Waals surface area contributed by atoms with Crippen molar-refractivity contribution in [2.45, 2.75) is 0 Å². The van der Waals surface area contributed by atoms with Crippen molar-refractivity contribution in [1.82, 2.24) is 0 Å². The zero-order valence-electron chi connectivity index (χ0n) is 15.0. The van der Waals surface area contributed by atoms with E-state index >= 15 is 0 Å². The number of amides is 1. The molecule has 0 unspecified atom stereocenters. The molecule has 0 radical (unpaired) electrons. The molecule has 30 heavy (non-hydrogen) atoms. The van der Waals surface area contributed by atoms with Crippen molar-refractivity contribution >= 4 is 63.5 Å². The second-order valence-electron chi connectivity index (χ2n) is 6.20. The number of hydrogen-bond acceptors (Lipinski definition) is 5. The van der Waals surface area contributed by atoms with E-state index in [1.165, 1.54) is 47.4 Å². The van der Waals surface area contributed by atoms with Crippen molar-refractivity contribution in [3.05, 3.63) is 81.7 Å². The van der Waals surface area contributed by atoms with E-state index < -0.39 is 11.8 Å². The SMILES string of the molecule is O=C(O)c1ccc(Cl)c(-c2ccc(/C=C3/SC(=S)N(c4cccc(F)c4)C3=O)o2)c1. The molecule has 0 spiro atoms. The Bertz CT molecular complexity index is 1240. The molecule has 9 heteroatoms. The molecule has 1 aliphatic rings. The maximum atomic E-state index is 13.5. The zero-order valence-corrected chi connectivity index (χ0v) is 17.4. The van der Waals surface area contributed by atoms with Gasteiger partial charge >= 0.3 is 5.97 Å². The summed E-state index contributed by atoms with van der Waals surface area (Å²) in [5.41, 5.74) is 0.838. The van der Waals surface area contributed by atoms with Gasteiger partial charge in [0.15, 0.2) is 4.32 Å². The van der Waals surface area contributed by atoms with Gasteiger partial charge < -0.3 is 9.52 Å². The van der Waals surface area contributed by atoms with Crippen LogP contribution in [0.4, 0.5) is 10.1 Å². The van der Waals surface area contributed by atoms with Crippen molar-refractivity contribution in [2.24, 2.45) is 0 Å². The van der Waals surface area contributed by atoms with E-state index in [4.69, 9.17) is 33.3 Å². The molecule has 1 N–H and O–H groups in total. The number of benzene rings is 2. The summed E-state index contributed by atoms with van der Waals surface area (Å²) in [4.78, 5) is 25.6. The fourth-order valence-corrected chi connectivity index (χ4v) is 4.35. The van der Waals surface area contributed by atoms with E-state index in [0.717, 1.165) is 11.8 Å². The summed E-state index contributed by atoms with van der Waals surface area (Å²) in [6, 6.07) is 13.2. The first-order chi connectivity index (χ1) is 14.3. The standard InChI is InChI=1S/C21H11ClFNO4S2/c22-16-6-4-11(20(26)27)8-15(16)17-7-5-14(28-17)10-18-19(25)24(21(29)30-18)13-3-1-2-12(23)9-13/h1-10H,(H,26,27)/b18-10+. The van der Waals surface area contributed by atoms with Crippen LogP contribution >= 0.6 is 35.6 Å². The number of anilines is 1. The van der Waals surface area contributed by atoms with E-state index in [0.29, 0.717) is 32.7 Å². The number of halogens is 2. The first-order valence-corrected chi connectivity index (χ1v) is 10.1. The van der Waals surface area contributed by atoms with Crippen LogP contribution in [-0.4, -0.2) is 21.3 Å². The molecule has 1 amide bonds. The van der Waals surface area contributed by atoms with Gasteiger partial charge in [0.05, 0.1) is 21.2 Å². The molecule has 1 saturated heterocycles. The van der Waals surface area contributed by atoms with Crippen LogP contribution in [0.25, 0.3) is 17.4 Å². The Morgan fingerprint density at radius 1 is 1.20 bits per heavy atom. The van der Waals surface area contributed by atoms with E-state index in [1.54, 1.807) is 18.2 Å². The van der Waals surface area contributed by atoms with E-state index in [1.807, 2.05) is 0 Å². The van der Waals surface area contributed by atoms with Crippen LogP contribution in [-0.2, 0) is 4.79 Å².